The van der Waals surface area contributed by atoms with E-state index >= 15 is 0 Å². The molecule has 0 atom stereocenters. The molecular formula is C84H115Cl6N21O14. The maximum atomic E-state index is 13.8. The number of nitrogens with two attached hydrogens (primary N) is 3. The third-order valence-corrected chi connectivity index (χ3v) is 22.2. The van der Waals surface area contributed by atoms with Gasteiger partial charge in [0.25, 0.3) is 28.8 Å². The lowest BCUT2D eigenvalue weighted by atomic mass is 9.88. The van der Waals surface area contributed by atoms with Crippen molar-refractivity contribution >= 4 is 159 Å². The van der Waals surface area contributed by atoms with E-state index < -0.39 is 63.7 Å². The normalized spacial score (nSPS) is 16.8. The standard InChI is InChI=1S/C28H37ClN6O6.C18H21ClN6O2.C16H24ClN3O4.C12H16ClN3O.C6H8ClN3.C4H8O.ClH/c1-8-16-20(30-15-31-21(16)34(24(38)40-26(2,3)4)25(39)41-27(5,6)7)32-18-14-17(29)19-22(36)33-28(35(19)23(18)37)12-10-9-11-13-28;1-2-10-14(20)21-9-22-15(10)23-12-8-11(19)13-16(26)24-18(25(13)17(12)27)6-4-3-5-7-18;1-8-10-11(17)18-9-19-12(10)20(13(21)23-15(2,3)4)14(22)24-16(5,6)7;13-9-6-8(14)7-16-10(9)11(17)15-12(16)4-2-1-3-5-12;1-2-4-5(7)9-3-10-6(4)8;1-2-4-5-3-1;/h14-15H,8-13H2,1-7H3,(H,33,36)(H,30,31,32);8-9H,2-7H2,1H3,(H,24,26)(H3,20,21,22,23);9H,8H2,1-7H3;6H,1-5,7,14H2,(H,15,17);3H,2H2,1H3,(H2,8,9,10);1-4H2;1H. The maximum absolute atomic E-state index is 13.8. The number of allylic oxidation sites excluding steroid dienone is 2. The summed E-state index contributed by atoms with van der Waals surface area (Å²) in [5, 5.41) is 16.6. The number of imide groups is 2. The van der Waals surface area contributed by atoms with Crippen molar-refractivity contribution in [1.82, 2.24) is 69.9 Å². The number of hydrogen-bond donors (Lipinski definition) is 8. The van der Waals surface area contributed by atoms with E-state index in [1.807, 2.05) is 20.8 Å². The Kier molecular flexibility index (Phi) is 33.9. The van der Waals surface area contributed by atoms with Gasteiger partial charge in [0.2, 0.25) is 0 Å². The second kappa shape index (κ2) is 42.1. The van der Waals surface area contributed by atoms with E-state index in [9.17, 15) is 43.2 Å². The Labute approximate surface area is 758 Å². The minimum absolute atomic E-state index is 0. The molecule has 6 aromatic rings. The van der Waals surface area contributed by atoms with E-state index in [0.29, 0.717) is 89.5 Å². The molecule has 5 aliphatic heterocycles. The molecule has 0 aromatic carbocycles. The van der Waals surface area contributed by atoms with Gasteiger partial charge in [-0.25, -0.2) is 59.0 Å². The third kappa shape index (κ3) is 24.5. The van der Waals surface area contributed by atoms with Crippen LogP contribution in [-0.4, -0.2) is 144 Å². The van der Waals surface area contributed by atoms with Crippen molar-refractivity contribution in [3.8, 4) is 0 Å². The van der Waals surface area contributed by atoms with Gasteiger partial charge < -0.3 is 72.4 Å². The smallest absolute Gasteiger partial charge is 0.425 e. The predicted octanol–water partition coefficient (Wildman–Crippen LogP) is 16.4. The van der Waals surface area contributed by atoms with Crippen LogP contribution in [0.2, 0.25) is 20.4 Å². The van der Waals surface area contributed by atoms with Gasteiger partial charge in [0.15, 0.2) is 11.6 Å². The third-order valence-electron chi connectivity index (χ3n) is 20.7. The molecule has 7 amide bonds. The van der Waals surface area contributed by atoms with Crippen LogP contribution in [0, 0.1) is 0 Å². The lowest BCUT2D eigenvalue weighted by Crippen LogP contribution is -2.54. The van der Waals surface area contributed by atoms with Crippen LogP contribution in [0.25, 0.3) is 0 Å². The zero-order chi connectivity index (χ0) is 91.4. The number of rotatable bonds is 10. The van der Waals surface area contributed by atoms with Gasteiger partial charge in [-0.1, -0.05) is 105 Å². The Morgan fingerprint density at radius 3 is 1.15 bits per heavy atom. The number of nitrogen functional groups attached to an aromatic ring is 2. The van der Waals surface area contributed by atoms with Gasteiger partial charge in [0, 0.05) is 41.2 Å². The molecule has 0 unspecified atom stereocenters. The van der Waals surface area contributed by atoms with Crippen molar-refractivity contribution in [1.29, 1.82) is 0 Å². The highest BCUT2D eigenvalue weighted by Gasteiger charge is 2.51. The van der Waals surface area contributed by atoms with Crippen LogP contribution < -0.4 is 64.7 Å². The van der Waals surface area contributed by atoms with Crippen LogP contribution >= 0.6 is 70.4 Å². The fourth-order valence-electron chi connectivity index (χ4n) is 15.4. The summed E-state index contributed by atoms with van der Waals surface area (Å²) in [5.41, 5.74) is 15.8. The number of nitrogens with one attached hydrogen (secondary N) is 5. The summed E-state index contributed by atoms with van der Waals surface area (Å²) in [6.45, 7) is 30.4. The number of hydrogen-bond acceptors (Lipinski definition) is 28. The quantitative estimate of drug-likeness (QED) is 0.0466. The van der Waals surface area contributed by atoms with Crippen molar-refractivity contribution in [2.75, 3.05) is 51.7 Å². The molecule has 41 heteroatoms. The molecule has 3 spiro atoms. The summed E-state index contributed by atoms with van der Waals surface area (Å²) >= 11 is 30.8. The van der Waals surface area contributed by atoms with Gasteiger partial charge >= 0.3 is 24.4 Å². The number of carbonyl (C=O) groups is 7. The molecular weight excluding hydrogens is 1740 g/mol. The average molecular weight is 1860 g/mol. The number of aromatic nitrogens is 10. The van der Waals surface area contributed by atoms with E-state index in [-0.39, 0.29) is 103 Å². The van der Waals surface area contributed by atoms with Crippen LogP contribution in [0.3, 0.4) is 0 Å². The molecule has 0 radical (unpaired) electrons. The van der Waals surface area contributed by atoms with Gasteiger partial charge in [-0.3, -0.25) is 33.1 Å². The SMILES string of the molecule is C1CCOC1.CCc1c(Cl)ncnc1N(C(=O)OC(C)(C)C)C(=O)OC(C)(C)C.CCc1c(N)ncnc1Cl.CCc1c(N)ncnc1Nc1cc(Cl)c2n(c1=O)C1(CCCCC1)NC2=O.CCc1c(Nc2cc(Cl)c3n(c2=O)C2(CCCCC2)NC3=O)ncnc1N(C(=O)OC(C)(C)C)C(=O)OC(C)(C)C.Cl.NC1=CC(Cl)=C2C(=O)NC3(CCCCC3)N2C1. The first-order valence-corrected chi connectivity index (χ1v) is 43.5. The number of amides is 7. The molecule has 0 bridgehead atoms. The lowest BCUT2D eigenvalue weighted by Gasteiger charge is -2.42. The van der Waals surface area contributed by atoms with Crippen molar-refractivity contribution in [2.45, 2.75) is 285 Å². The number of fused-ring (bicyclic) bond motifs is 6. The Morgan fingerprint density at radius 2 is 0.792 bits per heavy atom. The molecule has 682 valence electrons. The summed E-state index contributed by atoms with van der Waals surface area (Å²) in [4.78, 5) is 152. The number of anilines is 8. The van der Waals surface area contributed by atoms with E-state index in [1.165, 1.54) is 65.8 Å². The molecule has 2 saturated heterocycles. The van der Waals surface area contributed by atoms with Gasteiger partial charge in [0.05, 0.1) is 21.6 Å². The van der Waals surface area contributed by atoms with Gasteiger partial charge in [-0.15, -0.1) is 12.4 Å². The highest BCUT2D eigenvalue weighted by Crippen LogP contribution is 2.44. The molecule has 8 aliphatic rings. The predicted molar refractivity (Wildman–Crippen MR) is 483 cm³/mol. The number of nitrogens with zero attached hydrogens (tertiary/aromatic N) is 13. The number of halogens is 6. The Balaban J connectivity index is 0.000000201. The van der Waals surface area contributed by atoms with Crippen molar-refractivity contribution in [3.63, 3.8) is 0 Å². The van der Waals surface area contributed by atoms with Gasteiger partial charge in [0.1, 0.15) is 127 Å². The van der Waals surface area contributed by atoms with E-state index in [1.54, 1.807) is 96.1 Å². The number of ether oxygens (including phenoxy) is 5. The fourth-order valence-corrected chi connectivity index (χ4v) is 16.8. The summed E-state index contributed by atoms with van der Waals surface area (Å²) in [6.07, 6.45) is 21.5. The lowest BCUT2D eigenvalue weighted by molar-refractivity contribution is -0.117. The molecule has 11 N–H and O–H groups in total. The summed E-state index contributed by atoms with van der Waals surface area (Å²) in [5.74, 6) is 0.746. The molecule has 35 nitrogen and oxygen atoms in total. The first-order valence-electron chi connectivity index (χ1n) is 41.6. The van der Waals surface area contributed by atoms with Crippen molar-refractivity contribution < 1.29 is 57.2 Å². The molecule has 14 rings (SSSR count). The second-order valence-electron chi connectivity index (χ2n) is 34.6. The van der Waals surface area contributed by atoms with E-state index in [4.69, 9.17) is 98.9 Å². The topological polar surface area (TPSA) is 461 Å². The minimum atomic E-state index is -0.976. The molecule has 6 aromatic heterocycles. The summed E-state index contributed by atoms with van der Waals surface area (Å²) in [6, 6.07) is 2.87. The van der Waals surface area contributed by atoms with E-state index in [2.05, 4.69) is 71.4 Å². The first-order chi connectivity index (χ1) is 58.3. The molecule has 3 aliphatic carbocycles. The monoisotopic (exact) mass is 1850 g/mol. The van der Waals surface area contributed by atoms with Crippen LogP contribution in [0.1, 0.15) is 263 Å². The zero-order valence-electron chi connectivity index (χ0n) is 73.6. The highest BCUT2D eigenvalue weighted by atomic mass is 35.5. The summed E-state index contributed by atoms with van der Waals surface area (Å²) in [7, 11) is 0. The van der Waals surface area contributed by atoms with Crippen molar-refractivity contribution in [2.24, 2.45) is 5.73 Å². The fraction of sp³-hybridized carbons (Fsp3) is 0.560. The largest absolute Gasteiger partial charge is 0.443 e. The minimum Gasteiger partial charge on any atom is -0.443 e. The average Bonchev–Trinajstić information content (AvgIpc) is 1.59. The number of pyridine rings is 2. The highest BCUT2D eigenvalue weighted by molar-refractivity contribution is 6.35. The van der Waals surface area contributed by atoms with Crippen LogP contribution in [0.5, 0.6) is 0 Å². The molecule has 3 saturated carbocycles. The maximum Gasteiger partial charge on any atom is 0.425 e. The molecule has 5 fully saturated rings. The van der Waals surface area contributed by atoms with E-state index in [0.717, 1.165) is 110 Å². The Morgan fingerprint density at radius 1 is 0.456 bits per heavy atom. The Bertz CT molecular complexity index is 5070. The van der Waals surface area contributed by atoms with Crippen LogP contribution in [0.4, 0.5) is 65.5 Å². The van der Waals surface area contributed by atoms with Crippen LogP contribution in [0.15, 0.2) is 69.5 Å². The van der Waals surface area contributed by atoms with Gasteiger partial charge in [-0.05, 0) is 217 Å². The molecule has 11 heterocycles. The molecule has 125 heavy (non-hydrogen) atoms. The zero-order valence-corrected chi connectivity index (χ0v) is 78.2. The Hall–Kier alpha value is -9.91. The second-order valence-corrected chi connectivity index (χ2v) is 36.6. The van der Waals surface area contributed by atoms with Crippen LogP contribution in [-0.2, 0) is 65.5 Å². The number of carbonyl (C=O) groups excluding carboxylic acids is 7. The van der Waals surface area contributed by atoms with Crippen molar-refractivity contribution in [3.05, 3.63) is 135 Å². The first kappa shape index (κ1) is 101. The summed E-state index contributed by atoms with van der Waals surface area (Å²) < 4.78 is 29.6. The van der Waals surface area contributed by atoms with Gasteiger partial charge in [-0.2, -0.15) is 9.80 Å².